The van der Waals surface area contributed by atoms with Gasteiger partial charge < -0.3 is 42.7 Å². The monoisotopic (exact) mass is 317 g/mol. The number of carbonyl (C=O) groups is 4. The van der Waals surface area contributed by atoms with Gasteiger partial charge in [0, 0.05) is 12.8 Å². The molecule has 0 aromatic rings. The standard InChI is InChI=1S/2C4H8N2O3.Mn/c2*5-2(4(8)9)1-3(6)7;/h2*2H,1,5H2,(H2,6,7)(H,8,9);/q;;+2/p-2/t2*2-;/m00./s1. The van der Waals surface area contributed by atoms with E-state index < -0.39 is 35.8 Å². The number of hydrogen-bond acceptors (Lipinski definition) is 8. The van der Waals surface area contributed by atoms with Crippen molar-refractivity contribution < 1.29 is 46.5 Å². The summed E-state index contributed by atoms with van der Waals surface area (Å²) in [5, 5.41) is 19.6. The molecule has 11 heteroatoms. The Morgan fingerprint density at radius 1 is 0.789 bits per heavy atom. The van der Waals surface area contributed by atoms with E-state index in [1.807, 2.05) is 0 Å². The fourth-order valence-electron chi connectivity index (χ4n) is 0.600. The van der Waals surface area contributed by atoms with Crippen LogP contribution in [-0.2, 0) is 36.2 Å². The van der Waals surface area contributed by atoms with Gasteiger partial charge in [0.2, 0.25) is 11.8 Å². The Hall–Kier alpha value is -1.68. The van der Waals surface area contributed by atoms with Gasteiger partial charge in [-0.2, -0.15) is 0 Å². The van der Waals surface area contributed by atoms with Crippen LogP contribution in [0.2, 0.25) is 0 Å². The molecule has 0 aromatic heterocycles. The van der Waals surface area contributed by atoms with Crippen LogP contribution < -0.4 is 33.1 Å². The zero-order valence-corrected chi connectivity index (χ0v) is 10.9. The van der Waals surface area contributed by atoms with E-state index in [1.54, 1.807) is 0 Å². The second-order valence-corrected chi connectivity index (χ2v) is 3.19. The van der Waals surface area contributed by atoms with Crippen LogP contribution in [0.5, 0.6) is 0 Å². The van der Waals surface area contributed by atoms with Crippen LogP contribution in [0.25, 0.3) is 0 Å². The van der Waals surface area contributed by atoms with Crippen molar-refractivity contribution >= 4 is 23.8 Å². The number of primary amides is 2. The van der Waals surface area contributed by atoms with Crippen molar-refractivity contribution in [1.82, 2.24) is 0 Å². The van der Waals surface area contributed by atoms with Crippen LogP contribution in [0.4, 0.5) is 0 Å². The van der Waals surface area contributed by atoms with Crippen molar-refractivity contribution in [2.75, 3.05) is 0 Å². The summed E-state index contributed by atoms with van der Waals surface area (Å²) >= 11 is 0. The summed E-state index contributed by atoms with van der Waals surface area (Å²) in [7, 11) is 0. The predicted molar refractivity (Wildman–Crippen MR) is 53.6 cm³/mol. The number of aliphatic carboxylic acids is 2. The van der Waals surface area contributed by atoms with Gasteiger partial charge in [0.25, 0.3) is 0 Å². The molecule has 0 aromatic carbocycles. The van der Waals surface area contributed by atoms with Crippen molar-refractivity contribution in [2.24, 2.45) is 22.9 Å². The third-order valence-electron chi connectivity index (χ3n) is 1.45. The van der Waals surface area contributed by atoms with Crippen molar-refractivity contribution in [2.45, 2.75) is 24.9 Å². The van der Waals surface area contributed by atoms with Crippen molar-refractivity contribution in [3.05, 3.63) is 0 Å². The molecule has 0 unspecified atom stereocenters. The number of hydrogen-bond donors (Lipinski definition) is 4. The molecule has 2 amide bonds. The minimum atomic E-state index is -1.46. The maximum Gasteiger partial charge on any atom is 2.00 e. The SMILES string of the molecule is NC(=O)C[C@H](N)C(=O)[O-].NC(=O)C[C@H](N)C(=O)[O-].[Mn+2]. The summed E-state index contributed by atoms with van der Waals surface area (Å²) in [4.78, 5) is 39.5. The van der Waals surface area contributed by atoms with Crippen LogP contribution in [0.15, 0.2) is 0 Å². The third-order valence-corrected chi connectivity index (χ3v) is 1.45. The zero-order valence-electron chi connectivity index (χ0n) is 9.71. The van der Waals surface area contributed by atoms with E-state index in [0.29, 0.717) is 0 Å². The molecule has 0 aliphatic carbocycles. The normalized spacial score (nSPS) is 11.9. The molecule has 0 aliphatic heterocycles. The summed E-state index contributed by atoms with van der Waals surface area (Å²) < 4.78 is 0. The summed E-state index contributed by atoms with van der Waals surface area (Å²) in [6, 6.07) is -2.55. The molecule has 0 saturated carbocycles. The summed E-state index contributed by atoms with van der Waals surface area (Å²) in [5.41, 5.74) is 19.0. The van der Waals surface area contributed by atoms with Gasteiger partial charge in [-0.15, -0.1) is 0 Å². The number of nitrogens with two attached hydrogens (primary N) is 4. The maximum atomic E-state index is 9.97. The molecule has 0 rings (SSSR count). The fraction of sp³-hybridized carbons (Fsp3) is 0.500. The Balaban J connectivity index is -0.000000256. The minimum Gasteiger partial charge on any atom is -0.548 e. The topological polar surface area (TPSA) is 218 Å². The van der Waals surface area contributed by atoms with Crippen molar-refractivity contribution in [3.63, 3.8) is 0 Å². The Morgan fingerprint density at radius 2 is 1.00 bits per heavy atom. The van der Waals surface area contributed by atoms with E-state index in [-0.39, 0.29) is 29.9 Å². The average Bonchev–Trinajstić information content (AvgIpc) is 2.16. The Labute approximate surface area is 118 Å². The van der Waals surface area contributed by atoms with E-state index >= 15 is 0 Å². The Bertz CT molecular complexity index is 305. The molecule has 0 spiro atoms. The molecule has 2 atom stereocenters. The molecule has 0 saturated heterocycles. The van der Waals surface area contributed by atoms with E-state index in [2.05, 4.69) is 11.5 Å². The number of carboxylic acids is 2. The number of amides is 2. The Kier molecular flexibility index (Phi) is 13.5. The summed E-state index contributed by atoms with van der Waals surface area (Å²) in [5.74, 6) is -4.42. The van der Waals surface area contributed by atoms with Gasteiger partial charge in [-0.3, -0.25) is 9.59 Å². The van der Waals surface area contributed by atoms with E-state index in [4.69, 9.17) is 11.5 Å². The molecule has 0 fully saturated rings. The van der Waals surface area contributed by atoms with Crippen LogP contribution in [0.1, 0.15) is 12.8 Å². The third kappa shape index (κ3) is 16.3. The molecular weight excluding hydrogens is 303 g/mol. The number of carboxylic acid groups (broad SMARTS) is 2. The number of rotatable bonds is 6. The van der Waals surface area contributed by atoms with Crippen LogP contribution in [0, 0.1) is 0 Å². The number of carbonyl (C=O) groups excluding carboxylic acids is 4. The first-order valence-corrected chi connectivity index (χ1v) is 4.57. The first kappa shape index (κ1) is 22.5. The van der Waals surface area contributed by atoms with Gasteiger partial charge in [-0.1, -0.05) is 0 Å². The van der Waals surface area contributed by atoms with Gasteiger partial charge in [-0.05, 0) is 0 Å². The first-order chi connectivity index (χ1) is 8.07. The molecule has 19 heavy (non-hydrogen) atoms. The Morgan fingerprint density at radius 3 is 1.05 bits per heavy atom. The fourth-order valence-corrected chi connectivity index (χ4v) is 0.600. The van der Waals surface area contributed by atoms with Crippen LogP contribution >= 0.6 is 0 Å². The van der Waals surface area contributed by atoms with Gasteiger partial charge in [0.1, 0.15) is 0 Å². The van der Waals surface area contributed by atoms with Gasteiger partial charge in [0.15, 0.2) is 0 Å². The van der Waals surface area contributed by atoms with Crippen molar-refractivity contribution in [3.8, 4) is 0 Å². The maximum absolute atomic E-state index is 9.97. The molecule has 109 valence electrons. The molecule has 8 N–H and O–H groups in total. The van der Waals surface area contributed by atoms with Crippen molar-refractivity contribution in [1.29, 1.82) is 0 Å². The van der Waals surface area contributed by atoms with Crippen LogP contribution in [0.3, 0.4) is 0 Å². The average molecular weight is 317 g/mol. The smallest absolute Gasteiger partial charge is 0.548 e. The second kappa shape index (κ2) is 11.4. The molecule has 0 bridgehead atoms. The quantitative estimate of drug-likeness (QED) is 0.344. The summed E-state index contributed by atoms with van der Waals surface area (Å²) in [6.45, 7) is 0. The van der Waals surface area contributed by atoms with Gasteiger partial charge in [0.05, 0.1) is 24.0 Å². The van der Waals surface area contributed by atoms with Crippen LogP contribution in [-0.4, -0.2) is 35.8 Å². The zero-order chi connectivity index (χ0) is 14.9. The molecule has 10 nitrogen and oxygen atoms in total. The molecule has 0 heterocycles. The van der Waals surface area contributed by atoms with E-state index in [9.17, 15) is 29.4 Å². The minimum absolute atomic E-state index is 0. The predicted octanol–water partition coefficient (Wildman–Crippen LogP) is -6.12. The summed E-state index contributed by atoms with van der Waals surface area (Å²) in [6.07, 6.45) is -0.745. The molecule has 1 radical (unpaired) electrons. The molecular formula is C8H14MnN4O6. The largest absolute Gasteiger partial charge is 2.00 e. The van der Waals surface area contributed by atoms with E-state index in [1.165, 1.54) is 0 Å². The molecule has 0 aliphatic rings. The van der Waals surface area contributed by atoms with E-state index in [0.717, 1.165) is 0 Å². The van der Waals surface area contributed by atoms with Gasteiger partial charge in [-0.25, -0.2) is 0 Å². The first-order valence-electron chi connectivity index (χ1n) is 4.57. The second-order valence-electron chi connectivity index (χ2n) is 3.19. The van der Waals surface area contributed by atoms with Gasteiger partial charge >= 0.3 is 17.1 Å².